The predicted molar refractivity (Wildman–Crippen MR) is 106 cm³/mol. The van der Waals surface area contributed by atoms with Crippen LogP contribution in [0, 0.1) is 5.92 Å². The molecule has 1 amide bonds. The summed E-state index contributed by atoms with van der Waals surface area (Å²) in [6.45, 7) is 4.68. The Kier molecular flexibility index (Phi) is 5.01. The number of para-hydroxylation sites is 1. The summed E-state index contributed by atoms with van der Waals surface area (Å²) in [5.41, 5.74) is 1.47. The van der Waals surface area contributed by atoms with E-state index in [0.29, 0.717) is 29.5 Å². The van der Waals surface area contributed by atoms with Crippen molar-refractivity contribution in [2.75, 3.05) is 6.54 Å². The molecule has 0 saturated heterocycles. The molecule has 1 fully saturated rings. The van der Waals surface area contributed by atoms with E-state index >= 15 is 0 Å². The molecule has 0 radical (unpaired) electrons. The summed E-state index contributed by atoms with van der Waals surface area (Å²) >= 11 is 0. The summed E-state index contributed by atoms with van der Waals surface area (Å²) in [5.74, 6) is 0.152. The second kappa shape index (κ2) is 7.33. The van der Waals surface area contributed by atoms with Gasteiger partial charge >= 0.3 is 0 Å². The van der Waals surface area contributed by atoms with E-state index in [-0.39, 0.29) is 23.4 Å². The van der Waals surface area contributed by atoms with Crippen molar-refractivity contribution >= 4 is 15.9 Å². The molecule has 1 N–H and O–H groups in total. The fourth-order valence-electron chi connectivity index (χ4n) is 3.60. The maximum absolute atomic E-state index is 13.3. The third-order valence-electron chi connectivity index (χ3n) is 5.55. The van der Waals surface area contributed by atoms with Crippen LogP contribution in [0.25, 0.3) is 5.69 Å². The number of benzene rings is 1. The van der Waals surface area contributed by atoms with Gasteiger partial charge in [0.2, 0.25) is 10.0 Å². The molecule has 0 bridgehead atoms. The molecule has 7 nitrogen and oxygen atoms in total. The first kappa shape index (κ1) is 19.1. The van der Waals surface area contributed by atoms with Crippen LogP contribution in [0.5, 0.6) is 0 Å². The molecule has 0 atom stereocenters. The van der Waals surface area contributed by atoms with Crippen LogP contribution in [0.2, 0.25) is 0 Å². The molecule has 28 heavy (non-hydrogen) atoms. The first-order valence-corrected chi connectivity index (χ1v) is 11.3. The number of fused-ring (bicyclic) bond motifs is 3. The van der Waals surface area contributed by atoms with Crippen molar-refractivity contribution in [1.82, 2.24) is 19.2 Å². The molecule has 0 unspecified atom stereocenters. The summed E-state index contributed by atoms with van der Waals surface area (Å²) in [7, 11) is -3.66. The maximum Gasteiger partial charge on any atom is 0.272 e. The van der Waals surface area contributed by atoms with E-state index in [1.54, 1.807) is 35.2 Å². The minimum Gasteiger partial charge on any atom is -0.348 e. The minimum absolute atomic E-state index is 0.136. The van der Waals surface area contributed by atoms with E-state index < -0.39 is 10.0 Å². The number of rotatable bonds is 5. The number of nitrogens with one attached hydrogen (secondary N) is 1. The number of amides is 1. The highest BCUT2D eigenvalue weighted by molar-refractivity contribution is 7.89. The molecule has 150 valence electrons. The molecule has 1 aliphatic heterocycles. The zero-order chi connectivity index (χ0) is 19.9. The number of sulfonamides is 1. The standard InChI is InChI=1S/C20H26N4O3S/c1-14(2)10-11-23-12-17-19(20(25)22-15-6-5-7-15)21-13-24(17)16-8-3-4-9-18(16)28(23,26)27/h3-4,8-9,13-15H,5-7,10-12H2,1-2H3,(H,22,25). The number of carbonyl (C=O) groups excluding carboxylic acids is 1. The highest BCUT2D eigenvalue weighted by atomic mass is 32.2. The molecular weight excluding hydrogens is 376 g/mol. The van der Waals surface area contributed by atoms with Crippen molar-refractivity contribution < 1.29 is 13.2 Å². The van der Waals surface area contributed by atoms with Crippen LogP contribution >= 0.6 is 0 Å². The number of hydrogen-bond donors (Lipinski definition) is 1. The van der Waals surface area contributed by atoms with Gasteiger partial charge in [0.15, 0.2) is 5.69 Å². The zero-order valence-electron chi connectivity index (χ0n) is 16.3. The lowest BCUT2D eigenvalue weighted by Crippen LogP contribution is -2.40. The predicted octanol–water partition coefficient (Wildman–Crippen LogP) is 2.71. The summed E-state index contributed by atoms with van der Waals surface area (Å²) in [6, 6.07) is 7.11. The van der Waals surface area contributed by atoms with Crippen LogP contribution < -0.4 is 5.32 Å². The molecule has 1 aromatic heterocycles. The van der Waals surface area contributed by atoms with Gasteiger partial charge in [0, 0.05) is 12.6 Å². The lowest BCUT2D eigenvalue weighted by Gasteiger charge is -2.26. The third-order valence-corrected chi connectivity index (χ3v) is 7.44. The van der Waals surface area contributed by atoms with Crippen molar-refractivity contribution in [1.29, 1.82) is 0 Å². The number of imidazole rings is 1. The number of nitrogens with zero attached hydrogens (tertiary/aromatic N) is 3. The van der Waals surface area contributed by atoms with Gasteiger partial charge in [-0.15, -0.1) is 0 Å². The van der Waals surface area contributed by atoms with E-state index in [0.717, 1.165) is 25.7 Å². The van der Waals surface area contributed by atoms with Gasteiger partial charge < -0.3 is 5.32 Å². The van der Waals surface area contributed by atoms with Gasteiger partial charge in [-0.3, -0.25) is 9.36 Å². The Balaban J connectivity index is 1.77. The summed E-state index contributed by atoms with van der Waals surface area (Å²) in [6.07, 6.45) is 5.41. The number of carbonyl (C=O) groups is 1. The van der Waals surface area contributed by atoms with Gasteiger partial charge in [0.05, 0.1) is 17.9 Å². The maximum atomic E-state index is 13.3. The molecular formula is C20H26N4O3S. The van der Waals surface area contributed by atoms with Gasteiger partial charge in [-0.05, 0) is 43.7 Å². The van der Waals surface area contributed by atoms with Gasteiger partial charge in [-0.25, -0.2) is 13.4 Å². The molecule has 1 saturated carbocycles. The van der Waals surface area contributed by atoms with Gasteiger partial charge in [0.25, 0.3) is 5.91 Å². The van der Waals surface area contributed by atoms with Crippen molar-refractivity contribution in [3.63, 3.8) is 0 Å². The Morgan fingerprint density at radius 2 is 2.04 bits per heavy atom. The lowest BCUT2D eigenvalue weighted by atomic mass is 9.93. The Hall–Kier alpha value is -2.19. The summed E-state index contributed by atoms with van der Waals surface area (Å²) in [4.78, 5) is 17.4. The van der Waals surface area contributed by atoms with Crippen molar-refractivity contribution in [3.8, 4) is 5.69 Å². The lowest BCUT2D eigenvalue weighted by molar-refractivity contribution is 0.0910. The van der Waals surface area contributed by atoms with E-state index in [2.05, 4.69) is 24.1 Å². The van der Waals surface area contributed by atoms with Crippen LogP contribution in [-0.4, -0.2) is 40.8 Å². The molecule has 4 rings (SSSR count). The van der Waals surface area contributed by atoms with Gasteiger partial charge in [-0.1, -0.05) is 26.0 Å². The monoisotopic (exact) mass is 402 g/mol. The first-order valence-electron chi connectivity index (χ1n) is 9.84. The zero-order valence-corrected chi connectivity index (χ0v) is 17.1. The number of aromatic nitrogens is 2. The molecule has 8 heteroatoms. The third kappa shape index (κ3) is 3.35. The topological polar surface area (TPSA) is 84.3 Å². The van der Waals surface area contributed by atoms with E-state index in [9.17, 15) is 13.2 Å². The second-order valence-corrected chi connectivity index (χ2v) is 9.91. The Bertz CT molecular complexity index is 993. The van der Waals surface area contributed by atoms with Crippen LogP contribution in [0.4, 0.5) is 0 Å². The summed E-state index contributed by atoms with van der Waals surface area (Å²) < 4.78 is 29.8. The van der Waals surface area contributed by atoms with Crippen molar-refractivity contribution in [2.45, 2.75) is 57.0 Å². The van der Waals surface area contributed by atoms with Crippen molar-refractivity contribution in [3.05, 3.63) is 42.0 Å². The molecule has 2 aliphatic rings. The molecule has 2 aromatic rings. The number of hydrogen-bond acceptors (Lipinski definition) is 4. The van der Waals surface area contributed by atoms with E-state index in [1.807, 2.05) is 0 Å². The smallest absolute Gasteiger partial charge is 0.272 e. The SMILES string of the molecule is CC(C)CCN1Cc2c(C(=O)NC3CCC3)ncn2-c2ccccc2S1(=O)=O. The second-order valence-electron chi connectivity index (χ2n) is 8.00. The molecule has 1 aliphatic carbocycles. The Morgan fingerprint density at radius 3 is 2.71 bits per heavy atom. The Labute approximate surface area is 165 Å². The van der Waals surface area contributed by atoms with Crippen LogP contribution in [0.1, 0.15) is 55.7 Å². The van der Waals surface area contributed by atoms with Crippen LogP contribution in [-0.2, 0) is 16.6 Å². The highest BCUT2D eigenvalue weighted by Gasteiger charge is 2.35. The normalized spacial score (nSPS) is 18.8. The van der Waals surface area contributed by atoms with Crippen molar-refractivity contribution in [2.24, 2.45) is 5.92 Å². The fraction of sp³-hybridized carbons (Fsp3) is 0.500. The molecule has 1 aromatic carbocycles. The van der Waals surface area contributed by atoms with E-state index in [1.165, 1.54) is 4.31 Å². The Morgan fingerprint density at radius 1 is 1.29 bits per heavy atom. The van der Waals surface area contributed by atoms with Crippen LogP contribution in [0.15, 0.2) is 35.5 Å². The minimum atomic E-state index is -3.66. The largest absolute Gasteiger partial charge is 0.348 e. The van der Waals surface area contributed by atoms with E-state index in [4.69, 9.17) is 0 Å². The average molecular weight is 403 g/mol. The summed E-state index contributed by atoms with van der Waals surface area (Å²) in [5, 5.41) is 3.02. The van der Waals surface area contributed by atoms with Gasteiger partial charge in [-0.2, -0.15) is 4.31 Å². The van der Waals surface area contributed by atoms with Gasteiger partial charge in [0.1, 0.15) is 11.2 Å². The van der Waals surface area contributed by atoms with Crippen LogP contribution in [0.3, 0.4) is 0 Å². The quantitative estimate of drug-likeness (QED) is 0.833. The fourth-order valence-corrected chi connectivity index (χ4v) is 5.19. The molecule has 0 spiro atoms. The average Bonchev–Trinajstić information content (AvgIpc) is 3.01. The highest BCUT2D eigenvalue weighted by Crippen LogP contribution is 2.31. The molecule has 2 heterocycles. The first-order chi connectivity index (χ1) is 13.4.